The van der Waals surface area contributed by atoms with Crippen LogP contribution in [-0.4, -0.2) is 30.3 Å². The van der Waals surface area contributed by atoms with Crippen LogP contribution in [0, 0.1) is 0 Å². The second kappa shape index (κ2) is 4.24. The standard InChI is InChI=1S/C6H13NO3/c1-3-4(10-2)5(7)6(8)9/h4-5H,3,7H2,1-2H3,(H,8,9)/t4-,5-/m1/s1. The minimum atomic E-state index is -1.02. The first-order valence-electron chi connectivity index (χ1n) is 3.14. The van der Waals surface area contributed by atoms with Crippen molar-refractivity contribution in [2.24, 2.45) is 5.73 Å². The van der Waals surface area contributed by atoms with Gasteiger partial charge in [0.2, 0.25) is 0 Å². The Hall–Kier alpha value is -0.610. The van der Waals surface area contributed by atoms with Gasteiger partial charge in [-0.3, -0.25) is 4.79 Å². The average Bonchev–Trinajstić information content (AvgIpc) is 1.90. The molecule has 0 bridgehead atoms. The van der Waals surface area contributed by atoms with Gasteiger partial charge in [-0.05, 0) is 6.42 Å². The maximum atomic E-state index is 10.3. The summed E-state index contributed by atoms with van der Waals surface area (Å²) in [5.74, 6) is -1.02. The third-order valence-corrected chi connectivity index (χ3v) is 1.39. The van der Waals surface area contributed by atoms with Gasteiger partial charge in [0.25, 0.3) is 0 Å². The van der Waals surface area contributed by atoms with Gasteiger partial charge in [0.05, 0.1) is 6.10 Å². The van der Waals surface area contributed by atoms with Crippen LogP contribution >= 0.6 is 0 Å². The van der Waals surface area contributed by atoms with E-state index in [1.54, 1.807) is 0 Å². The summed E-state index contributed by atoms with van der Waals surface area (Å²) < 4.78 is 4.82. The number of hydrogen-bond acceptors (Lipinski definition) is 3. The van der Waals surface area contributed by atoms with Crippen molar-refractivity contribution in [2.75, 3.05) is 7.11 Å². The number of rotatable bonds is 4. The van der Waals surface area contributed by atoms with Crippen LogP contribution in [0.1, 0.15) is 13.3 Å². The van der Waals surface area contributed by atoms with Crippen LogP contribution in [0.25, 0.3) is 0 Å². The number of carboxylic acid groups (broad SMARTS) is 1. The summed E-state index contributed by atoms with van der Waals surface area (Å²) in [6.07, 6.45) is 0.238. The number of nitrogens with two attached hydrogens (primary N) is 1. The molecule has 0 aromatic carbocycles. The highest BCUT2D eigenvalue weighted by Crippen LogP contribution is 2.00. The van der Waals surface area contributed by atoms with Gasteiger partial charge in [-0.2, -0.15) is 0 Å². The Morgan fingerprint density at radius 1 is 1.80 bits per heavy atom. The molecule has 0 heterocycles. The lowest BCUT2D eigenvalue weighted by atomic mass is 10.1. The van der Waals surface area contributed by atoms with Gasteiger partial charge in [0.1, 0.15) is 6.04 Å². The van der Waals surface area contributed by atoms with E-state index < -0.39 is 12.0 Å². The molecule has 0 fully saturated rings. The van der Waals surface area contributed by atoms with E-state index in [0.29, 0.717) is 6.42 Å². The molecule has 0 aromatic rings. The van der Waals surface area contributed by atoms with Crippen LogP contribution in [0.3, 0.4) is 0 Å². The van der Waals surface area contributed by atoms with Gasteiger partial charge in [0, 0.05) is 7.11 Å². The Labute approximate surface area is 60.0 Å². The number of hydrogen-bond donors (Lipinski definition) is 2. The monoisotopic (exact) mass is 147 g/mol. The van der Waals surface area contributed by atoms with Gasteiger partial charge in [-0.15, -0.1) is 0 Å². The maximum absolute atomic E-state index is 10.3. The van der Waals surface area contributed by atoms with Crippen molar-refractivity contribution in [3.63, 3.8) is 0 Å². The Bertz CT molecular complexity index is 112. The van der Waals surface area contributed by atoms with E-state index in [4.69, 9.17) is 15.6 Å². The lowest BCUT2D eigenvalue weighted by Gasteiger charge is -2.16. The fourth-order valence-corrected chi connectivity index (χ4v) is 0.726. The summed E-state index contributed by atoms with van der Waals surface area (Å²) in [4.78, 5) is 10.3. The molecule has 4 nitrogen and oxygen atoms in total. The van der Waals surface area contributed by atoms with Gasteiger partial charge in [-0.1, -0.05) is 6.92 Å². The van der Waals surface area contributed by atoms with E-state index in [2.05, 4.69) is 0 Å². The minimum Gasteiger partial charge on any atom is -0.480 e. The third-order valence-electron chi connectivity index (χ3n) is 1.39. The normalized spacial score (nSPS) is 16.3. The smallest absolute Gasteiger partial charge is 0.323 e. The molecule has 10 heavy (non-hydrogen) atoms. The molecular formula is C6H13NO3. The zero-order chi connectivity index (χ0) is 8.15. The highest BCUT2D eigenvalue weighted by atomic mass is 16.5. The Kier molecular flexibility index (Phi) is 3.99. The third kappa shape index (κ3) is 2.33. The SMILES string of the molecule is CC[C@@H](OC)[C@@H](N)C(=O)O. The van der Waals surface area contributed by atoms with E-state index in [0.717, 1.165) is 0 Å². The van der Waals surface area contributed by atoms with Crippen molar-refractivity contribution in [1.82, 2.24) is 0 Å². The molecule has 3 N–H and O–H groups in total. The molecule has 4 heteroatoms. The number of carboxylic acids is 1. The summed E-state index contributed by atoms with van der Waals surface area (Å²) in [6, 6.07) is -0.907. The fourth-order valence-electron chi connectivity index (χ4n) is 0.726. The topological polar surface area (TPSA) is 72.5 Å². The zero-order valence-corrected chi connectivity index (χ0v) is 6.20. The second-order valence-electron chi connectivity index (χ2n) is 2.05. The van der Waals surface area contributed by atoms with Crippen molar-refractivity contribution in [3.8, 4) is 0 Å². The predicted octanol–water partition coefficient (Wildman–Crippen LogP) is -0.177. The molecule has 0 aromatic heterocycles. The lowest BCUT2D eigenvalue weighted by Crippen LogP contribution is -2.42. The molecule has 0 amide bonds. The summed E-state index contributed by atoms with van der Waals surface area (Å²) in [7, 11) is 1.46. The fraction of sp³-hybridized carbons (Fsp3) is 0.833. The molecular weight excluding hydrogens is 134 g/mol. The van der Waals surface area contributed by atoms with Crippen LogP contribution < -0.4 is 5.73 Å². The number of methoxy groups -OCH3 is 1. The summed E-state index contributed by atoms with van der Waals surface area (Å²) >= 11 is 0. The largest absolute Gasteiger partial charge is 0.480 e. The molecule has 60 valence electrons. The van der Waals surface area contributed by atoms with Crippen molar-refractivity contribution < 1.29 is 14.6 Å². The predicted molar refractivity (Wildman–Crippen MR) is 36.7 cm³/mol. The van der Waals surface area contributed by atoms with Gasteiger partial charge in [0.15, 0.2) is 0 Å². The Balaban J connectivity index is 3.88. The molecule has 0 aliphatic heterocycles. The molecule has 0 spiro atoms. The average molecular weight is 147 g/mol. The maximum Gasteiger partial charge on any atom is 0.323 e. The first-order valence-corrected chi connectivity index (χ1v) is 3.14. The van der Waals surface area contributed by atoms with Crippen LogP contribution in [-0.2, 0) is 9.53 Å². The molecule has 0 unspecified atom stereocenters. The highest BCUT2D eigenvalue weighted by Gasteiger charge is 2.21. The minimum absolute atomic E-state index is 0.377. The van der Waals surface area contributed by atoms with Gasteiger partial charge < -0.3 is 15.6 Å². The number of ether oxygens (including phenoxy) is 1. The van der Waals surface area contributed by atoms with Crippen molar-refractivity contribution in [3.05, 3.63) is 0 Å². The summed E-state index contributed by atoms with van der Waals surface area (Å²) in [5, 5.41) is 8.41. The van der Waals surface area contributed by atoms with E-state index in [-0.39, 0.29) is 6.10 Å². The summed E-state index contributed by atoms with van der Waals surface area (Å²) in [5.41, 5.74) is 5.26. The quantitative estimate of drug-likeness (QED) is 0.578. The van der Waals surface area contributed by atoms with Crippen LogP contribution in [0.5, 0.6) is 0 Å². The van der Waals surface area contributed by atoms with E-state index >= 15 is 0 Å². The molecule has 0 saturated heterocycles. The second-order valence-corrected chi connectivity index (χ2v) is 2.05. The van der Waals surface area contributed by atoms with E-state index in [1.807, 2.05) is 6.92 Å². The number of aliphatic carboxylic acids is 1. The first kappa shape index (κ1) is 9.39. The van der Waals surface area contributed by atoms with E-state index in [9.17, 15) is 4.79 Å². The Morgan fingerprint density at radius 3 is 2.40 bits per heavy atom. The van der Waals surface area contributed by atoms with Crippen LogP contribution in [0.4, 0.5) is 0 Å². The van der Waals surface area contributed by atoms with Crippen molar-refractivity contribution in [2.45, 2.75) is 25.5 Å². The first-order chi connectivity index (χ1) is 4.63. The molecule has 0 aliphatic rings. The van der Waals surface area contributed by atoms with E-state index in [1.165, 1.54) is 7.11 Å². The zero-order valence-electron chi connectivity index (χ0n) is 6.20. The molecule has 0 rings (SSSR count). The van der Waals surface area contributed by atoms with Gasteiger partial charge in [-0.25, -0.2) is 0 Å². The van der Waals surface area contributed by atoms with Crippen LogP contribution in [0.2, 0.25) is 0 Å². The molecule has 0 aliphatic carbocycles. The van der Waals surface area contributed by atoms with Crippen molar-refractivity contribution in [1.29, 1.82) is 0 Å². The van der Waals surface area contributed by atoms with Crippen LogP contribution in [0.15, 0.2) is 0 Å². The number of carbonyl (C=O) groups is 1. The lowest BCUT2D eigenvalue weighted by molar-refractivity contribution is -0.141. The summed E-state index contributed by atoms with van der Waals surface area (Å²) in [6.45, 7) is 1.83. The van der Waals surface area contributed by atoms with Crippen molar-refractivity contribution >= 4 is 5.97 Å². The molecule has 2 atom stereocenters. The Morgan fingerprint density at radius 2 is 2.30 bits per heavy atom. The molecule has 0 saturated carbocycles. The molecule has 0 radical (unpaired) electrons. The van der Waals surface area contributed by atoms with Gasteiger partial charge >= 0.3 is 5.97 Å². The highest BCUT2D eigenvalue weighted by molar-refractivity contribution is 5.73.